The fraction of sp³-hybridized carbons (Fsp3) is 0.636. The van der Waals surface area contributed by atoms with Crippen LogP contribution >= 0.6 is 11.8 Å². The summed E-state index contributed by atoms with van der Waals surface area (Å²) < 4.78 is 5.21. The van der Waals surface area contributed by atoms with Gasteiger partial charge in [-0.15, -0.1) is 0 Å². The Morgan fingerprint density at radius 1 is 1.57 bits per heavy atom. The third-order valence-electron chi connectivity index (χ3n) is 2.14. The Hall–Kier alpha value is -0.410. The molecule has 1 aromatic rings. The van der Waals surface area contributed by atoms with Gasteiger partial charge in [0, 0.05) is 17.5 Å². The van der Waals surface area contributed by atoms with Crippen LogP contribution in [0.15, 0.2) is 22.8 Å². The Bertz CT molecular complexity index is 223. The Morgan fingerprint density at radius 2 is 2.43 bits per heavy atom. The molecule has 1 N–H and O–H groups in total. The summed E-state index contributed by atoms with van der Waals surface area (Å²) in [5.41, 5.74) is 0. The molecule has 0 aliphatic rings. The van der Waals surface area contributed by atoms with Gasteiger partial charge in [-0.25, -0.2) is 0 Å². The zero-order valence-corrected chi connectivity index (χ0v) is 9.77. The van der Waals surface area contributed by atoms with Gasteiger partial charge < -0.3 is 9.73 Å². The summed E-state index contributed by atoms with van der Waals surface area (Å²) in [6.07, 6.45) is 2.97. The predicted octanol–water partition coefficient (Wildman–Crippen LogP) is 2.90. The molecule has 1 heterocycles. The van der Waals surface area contributed by atoms with E-state index < -0.39 is 0 Å². The van der Waals surface area contributed by atoms with Crippen LogP contribution in [-0.2, 0) is 6.54 Å². The lowest BCUT2D eigenvalue weighted by Gasteiger charge is -2.07. The Morgan fingerprint density at radius 3 is 3.07 bits per heavy atom. The lowest BCUT2D eigenvalue weighted by Crippen LogP contribution is -2.17. The Labute approximate surface area is 90.5 Å². The maximum Gasteiger partial charge on any atom is 0.117 e. The van der Waals surface area contributed by atoms with Crippen LogP contribution in [0.25, 0.3) is 0 Å². The van der Waals surface area contributed by atoms with Gasteiger partial charge in [-0.3, -0.25) is 0 Å². The topological polar surface area (TPSA) is 25.2 Å². The number of rotatable bonds is 7. The quantitative estimate of drug-likeness (QED) is 0.705. The van der Waals surface area contributed by atoms with Crippen LogP contribution in [0.5, 0.6) is 0 Å². The zero-order chi connectivity index (χ0) is 10.2. The summed E-state index contributed by atoms with van der Waals surface area (Å²) in [4.78, 5) is 0. The fourth-order valence-electron chi connectivity index (χ4n) is 1.07. The molecule has 1 aromatic heterocycles. The SMILES string of the molecule is CCC(C)SCCNCc1ccco1. The molecule has 1 unspecified atom stereocenters. The van der Waals surface area contributed by atoms with Crippen molar-refractivity contribution in [3.63, 3.8) is 0 Å². The summed E-state index contributed by atoms with van der Waals surface area (Å²) in [5, 5.41) is 4.13. The van der Waals surface area contributed by atoms with Crippen molar-refractivity contribution in [1.29, 1.82) is 0 Å². The standard InChI is InChI=1S/C11H19NOS/c1-3-10(2)14-8-6-12-9-11-5-4-7-13-11/h4-5,7,10,12H,3,6,8-9H2,1-2H3. The normalized spacial score (nSPS) is 13.0. The molecule has 80 valence electrons. The van der Waals surface area contributed by atoms with Gasteiger partial charge in [-0.1, -0.05) is 13.8 Å². The molecular formula is C11H19NOS. The Balaban J connectivity index is 1.95. The Kier molecular flexibility index (Phi) is 5.80. The third-order valence-corrected chi connectivity index (χ3v) is 3.48. The largest absolute Gasteiger partial charge is 0.468 e. The van der Waals surface area contributed by atoms with Gasteiger partial charge in [0.2, 0.25) is 0 Å². The number of hydrogen-bond acceptors (Lipinski definition) is 3. The van der Waals surface area contributed by atoms with E-state index in [2.05, 4.69) is 19.2 Å². The lowest BCUT2D eigenvalue weighted by molar-refractivity contribution is 0.488. The van der Waals surface area contributed by atoms with E-state index in [-0.39, 0.29) is 0 Å². The van der Waals surface area contributed by atoms with Crippen LogP contribution < -0.4 is 5.32 Å². The van der Waals surface area contributed by atoms with Crippen molar-refractivity contribution in [1.82, 2.24) is 5.32 Å². The van der Waals surface area contributed by atoms with Crippen LogP contribution in [0.3, 0.4) is 0 Å². The fourth-order valence-corrected chi connectivity index (χ4v) is 1.98. The van der Waals surface area contributed by atoms with Crippen molar-refractivity contribution in [2.24, 2.45) is 0 Å². The van der Waals surface area contributed by atoms with Crippen LogP contribution in [0.4, 0.5) is 0 Å². The molecule has 1 rings (SSSR count). The minimum absolute atomic E-state index is 0.778. The van der Waals surface area contributed by atoms with E-state index in [1.165, 1.54) is 12.2 Å². The monoisotopic (exact) mass is 213 g/mol. The first-order valence-electron chi connectivity index (χ1n) is 5.17. The molecule has 0 aliphatic carbocycles. The van der Waals surface area contributed by atoms with E-state index in [4.69, 9.17) is 4.42 Å². The zero-order valence-electron chi connectivity index (χ0n) is 8.95. The number of nitrogens with one attached hydrogen (secondary N) is 1. The first kappa shape index (κ1) is 11.7. The second-order valence-electron chi connectivity index (χ2n) is 3.35. The van der Waals surface area contributed by atoms with Gasteiger partial charge in [-0.2, -0.15) is 11.8 Å². The molecule has 3 heteroatoms. The van der Waals surface area contributed by atoms with Crippen molar-refractivity contribution >= 4 is 11.8 Å². The van der Waals surface area contributed by atoms with Crippen LogP contribution in [0, 0.1) is 0 Å². The molecule has 0 saturated heterocycles. The molecule has 0 aromatic carbocycles. The molecule has 0 bridgehead atoms. The van der Waals surface area contributed by atoms with Gasteiger partial charge in [-0.05, 0) is 18.6 Å². The van der Waals surface area contributed by atoms with Crippen LogP contribution in [-0.4, -0.2) is 17.5 Å². The van der Waals surface area contributed by atoms with E-state index in [9.17, 15) is 0 Å². The average Bonchev–Trinajstić information content (AvgIpc) is 2.69. The summed E-state index contributed by atoms with van der Waals surface area (Å²) in [6, 6.07) is 3.92. The minimum atomic E-state index is 0.778. The molecule has 0 radical (unpaired) electrons. The van der Waals surface area contributed by atoms with E-state index in [1.807, 2.05) is 23.9 Å². The average molecular weight is 213 g/mol. The second-order valence-corrected chi connectivity index (χ2v) is 4.89. The van der Waals surface area contributed by atoms with Gasteiger partial charge in [0.25, 0.3) is 0 Å². The first-order chi connectivity index (χ1) is 6.83. The van der Waals surface area contributed by atoms with Gasteiger partial charge >= 0.3 is 0 Å². The maximum atomic E-state index is 5.21. The van der Waals surface area contributed by atoms with Gasteiger partial charge in [0.15, 0.2) is 0 Å². The minimum Gasteiger partial charge on any atom is -0.468 e. The smallest absolute Gasteiger partial charge is 0.117 e. The number of thioether (sulfide) groups is 1. The molecule has 1 atom stereocenters. The third kappa shape index (κ3) is 4.72. The molecule has 2 nitrogen and oxygen atoms in total. The van der Waals surface area contributed by atoms with Crippen molar-refractivity contribution < 1.29 is 4.42 Å². The van der Waals surface area contributed by atoms with Crippen molar-refractivity contribution in [2.75, 3.05) is 12.3 Å². The molecule has 14 heavy (non-hydrogen) atoms. The molecule has 0 saturated carbocycles. The van der Waals surface area contributed by atoms with Gasteiger partial charge in [0.1, 0.15) is 5.76 Å². The van der Waals surface area contributed by atoms with Crippen molar-refractivity contribution in [2.45, 2.75) is 32.1 Å². The summed E-state index contributed by atoms with van der Waals surface area (Å²) >= 11 is 2.02. The predicted molar refractivity (Wildman–Crippen MR) is 62.6 cm³/mol. The summed E-state index contributed by atoms with van der Waals surface area (Å²) in [7, 11) is 0. The highest BCUT2D eigenvalue weighted by molar-refractivity contribution is 7.99. The van der Waals surface area contributed by atoms with E-state index in [1.54, 1.807) is 6.26 Å². The van der Waals surface area contributed by atoms with Crippen LogP contribution in [0.1, 0.15) is 26.0 Å². The molecule has 0 amide bonds. The van der Waals surface area contributed by atoms with Crippen molar-refractivity contribution in [3.8, 4) is 0 Å². The number of furan rings is 1. The molecule has 0 spiro atoms. The highest BCUT2D eigenvalue weighted by atomic mass is 32.2. The van der Waals surface area contributed by atoms with Crippen LogP contribution in [0.2, 0.25) is 0 Å². The van der Waals surface area contributed by atoms with E-state index in [0.29, 0.717) is 0 Å². The molecular weight excluding hydrogens is 194 g/mol. The lowest BCUT2D eigenvalue weighted by atomic mass is 10.4. The second kappa shape index (κ2) is 6.96. The van der Waals surface area contributed by atoms with Crippen molar-refractivity contribution in [3.05, 3.63) is 24.2 Å². The highest BCUT2D eigenvalue weighted by Crippen LogP contribution is 2.12. The highest BCUT2D eigenvalue weighted by Gasteiger charge is 1.98. The summed E-state index contributed by atoms with van der Waals surface area (Å²) in [5.74, 6) is 2.19. The maximum absolute atomic E-state index is 5.21. The molecule has 0 fully saturated rings. The van der Waals surface area contributed by atoms with E-state index >= 15 is 0 Å². The van der Waals surface area contributed by atoms with Gasteiger partial charge in [0.05, 0.1) is 12.8 Å². The first-order valence-corrected chi connectivity index (χ1v) is 6.22. The molecule has 0 aliphatic heterocycles. The number of hydrogen-bond donors (Lipinski definition) is 1. The summed E-state index contributed by atoms with van der Waals surface area (Å²) in [6.45, 7) is 6.40. The van der Waals surface area contributed by atoms with E-state index in [0.717, 1.165) is 24.1 Å².